The van der Waals surface area contributed by atoms with Crippen LogP contribution < -0.4 is 5.73 Å². The molecule has 3 unspecified atom stereocenters. The highest BCUT2D eigenvalue weighted by Gasteiger charge is 2.33. The minimum atomic E-state index is 0.325. The lowest BCUT2D eigenvalue weighted by molar-refractivity contribution is 0.0556. The summed E-state index contributed by atoms with van der Waals surface area (Å²) < 4.78 is 0. The van der Waals surface area contributed by atoms with Crippen LogP contribution in [0.1, 0.15) is 50.5 Å². The summed E-state index contributed by atoms with van der Waals surface area (Å²) in [5.74, 6) is 0.967. The number of nitrogens with two attached hydrogens (primary N) is 1. The molecule has 0 bridgehead atoms. The number of likely N-dealkylation sites (tertiary alicyclic amines) is 1. The van der Waals surface area contributed by atoms with Crippen LogP contribution in [-0.4, -0.2) is 30.1 Å². The van der Waals surface area contributed by atoms with Crippen LogP contribution in [0.15, 0.2) is 30.3 Å². The van der Waals surface area contributed by atoms with Crippen molar-refractivity contribution in [1.82, 2.24) is 4.90 Å². The van der Waals surface area contributed by atoms with Crippen LogP contribution in [0.5, 0.6) is 0 Å². The minimum absolute atomic E-state index is 0.325. The Morgan fingerprint density at radius 3 is 2.67 bits per heavy atom. The zero-order valence-corrected chi connectivity index (χ0v) is 13.2. The molecule has 1 aromatic carbocycles. The van der Waals surface area contributed by atoms with Crippen LogP contribution in [-0.2, 0) is 6.42 Å². The fraction of sp³-hybridized carbons (Fsp3) is 0.684. The van der Waals surface area contributed by atoms with E-state index in [1.807, 2.05) is 0 Å². The second-order valence-electron chi connectivity index (χ2n) is 7.03. The lowest BCUT2D eigenvalue weighted by atomic mass is 9.78. The third kappa shape index (κ3) is 4.08. The van der Waals surface area contributed by atoms with Crippen LogP contribution in [0.2, 0.25) is 0 Å². The summed E-state index contributed by atoms with van der Waals surface area (Å²) in [4.78, 5) is 2.73. The average molecular weight is 286 g/mol. The van der Waals surface area contributed by atoms with E-state index in [4.69, 9.17) is 5.73 Å². The topological polar surface area (TPSA) is 29.3 Å². The lowest BCUT2D eigenvalue weighted by Gasteiger charge is -2.45. The molecule has 2 aliphatic rings. The van der Waals surface area contributed by atoms with Crippen LogP contribution in [0, 0.1) is 5.92 Å². The zero-order chi connectivity index (χ0) is 14.5. The average Bonchev–Trinajstić information content (AvgIpc) is 2.54. The molecule has 0 aromatic heterocycles. The van der Waals surface area contributed by atoms with Crippen molar-refractivity contribution in [3.05, 3.63) is 35.9 Å². The van der Waals surface area contributed by atoms with E-state index in [-0.39, 0.29) is 0 Å². The van der Waals surface area contributed by atoms with Gasteiger partial charge in [-0.25, -0.2) is 0 Å². The maximum absolute atomic E-state index is 6.43. The van der Waals surface area contributed by atoms with E-state index in [1.165, 1.54) is 50.6 Å². The van der Waals surface area contributed by atoms with Crippen molar-refractivity contribution >= 4 is 0 Å². The fourth-order valence-electron chi connectivity index (χ4n) is 4.34. The Morgan fingerprint density at radius 2 is 1.81 bits per heavy atom. The summed E-state index contributed by atoms with van der Waals surface area (Å²) in [6, 6.07) is 11.9. The molecule has 3 rings (SSSR count). The van der Waals surface area contributed by atoms with Crippen molar-refractivity contribution in [1.29, 1.82) is 0 Å². The highest BCUT2D eigenvalue weighted by atomic mass is 15.2. The molecular formula is C19H30N2. The third-order valence-electron chi connectivity index (χ3n) is 5.47. The molecule has 2 N–H and O–H groups in total. The molecule has 0 radical (unpaired) electrons. The SMILES string of the molecule is NC(CCc1ccccc1)CN1CCCC2CCCCC21. The molecule has 116 valence electrons. The number of aryl methyl sites for hydroxylation is 1. The number of fused-ring (bicyclic) bond motifs is 1. The minimum Gasteiger partial charge on any atom is -0.327 e. The predicted octanol–water partition coefficient (Wildman–Crippen LogP) is 3.60. The monoisotopic (exact) mass is 286 g/mol. The van der Waals surface area contributed by atoms with Gasteiger partial charge in [-0.15, -0.1) is 0 Å². The molecule has 3 atom stereocenters. The molecule has 1 aliphatic carbocycles. The summed E-state index contributed by atoms with van der Waals surface area (Å²) >= 11 is 0. The van der Waals surface area contributed by atoms with Crippen LogP contribution >= 0.6 is 0 Å². The molecular weight excluding hydrogens is 256 g/mol. The molecule has 1 saturated carbocycles. The van der Waals surface area contributed by atoms with Crippen LogP contribution in [0.3, 0.4) is 0 Å². The second kappa shape index (κ2) is 7.42. The Hall–Kier alpha value is -0.860. The Kier molecular flexibility index (Phi) is 5.32. The van der Waals surface area contributed by atoms with E-state index in [2.05, 4.69) is 35.2 Å². The first kappa shape index (κ1) is 15.1. The van der Waals surface area contributed by atoms with Gasteiger partial charge in [0.05, 0.1) is 0 Å². The standard InChI is InChI=1S/C19H30N2/c20-18(13-12-16-7-2-1-3-8-16)15-21-14-6-10-17-9-4-5-11-19(17)21/h1-3,7-8,17-19H,4-6,9-15,20H2. The second-order valence-corrected chi connectivity index (χ2v) is 7.03. The van der Waals surface area contributed by atoms with Gasteiger partial charge in [0.15, 0.2) is 0 Å². The van der Waals surface area contributed by atoms with Crippen molar-refractivity contribution in [2.24, 2.45) is 11.7 Å². The maximum Gasteiger partial charge on any atom is 0.0171 e. The van der Waals surface area contributed by atoms with Gasteiger partial charge in [0.1, 0.15) is 0 Å². The van der Waals surface area contributed by atoms with Gasteiger partial charge < -0.3 is 5.73 Å². The van der Waals surface area contributed by atoms with Crippen molar-refractivity contribution in [3.63, 3.8) is 0 Å². The number of nitrogens with zero attached hydrogens (tertiary/aromatic N) is 1. The van der Waals surface area contributed by atoms with Gasteiger partial charge in [-0.3, -0.25) is 4.90 Å². The van der Waals surface area contributed by atoms with E-state index in [0.717, 1.165) is 31.3 Å². The Morgan fingerprint density at radius 1 is 1.05 bits per heavy atom. The van der Waals surface area contributed by atoms with Crippen LogP contribution in [0.25, 0.3) is 0 Å². The molecule has 1 aromatic rings. The molecule has 1 saturated heterocycles. The van der Waals surface area contributed by atoms with Crippen LogP contribution in [0.4, 0.5) is 0 Å². The van der Waals surface area contributed by atoms with Crippen molar-refractivity contribution in [2.75, 3.05) is 13.1 Å². The molecule has 0 spiro atoms. The van der Waals surface area contributed by atoms with Gasteiger partial charge in [0.25, 0.3) is 0 Å². The summed E-state index contributed by atoms with van der Waals surface area (Å²) in [7, 11) is 0. The van der Waals surface area contributed by atoms with Crippen molar-refractivity contribution in [2.45, 2.75) is 63.5 Å². The third-order valence-corrected chi connectivity index (χ3v) is 5.47. The van der Waals surface area contributed by atoms with Crippen molar-refractivity contribution in [3.8, 4) is 0 Å². The first-order chi connectivity index (χ1) is 10.3. The van der Waals surface area contributed by atoms with Gasteiger partial charge in [-0.05, 0) is 56.6 Å². The molecule has 2 heteroatoms. The largest absolute Gasteiger partial charge is 0.327 e. The molecule has 2 nitrogen and oxygen atoms in total. The Balaban J connectivity index is 1.48. The smallest absolute Gasteiger partial charge is 0.0171 e. The van der Waals surface area contributed by atoms with E-state index < -0.39 is 0 Å². The summed E-state index contributed by atoms with van der Waals surface area (Å²) in [5, 5.41) is 0. The van der Waals surface area contributed by atoms with E-state index in [0.29, 0.717) is 6.04 Å². The number of rotatable bonds is 5. The summed E-state index contributed by atoms with van der Waals surface area (Å²) in [6.45, 7) is 2.38. The Labute approximate surface area is 129 Å². The number of hydrogen-bond acceptors (Lipinski definition) is 2. The predicted molar refractivity (Wildman–Crippen MR) is 89.3 cm³/mol. The van der Waals surface area contributed by atoms with E-state index >= 15 is 0 Å². The highest BCUT2D eigenvalue weighted by Crippen LogP contribution is 2.35. The molecule has 1 heterocycles. The quantitative estimate of drug-likeness (QED) is 0.896. The Bertz CT molecular complexity index is 415. The van der Waals surface area contributed by atoms with E-state index in [1.54, 1.807) is 0 Å². The number of piperidine rings is 1. The fourth-order valence-corrected chi connectivity index (χ4v) is 4.34. The molecule has 21 heavy (non-hydrogen) atoms. The first-order valence-corrected chi connectivity index (χ1v) is 8.86. The van der Waals surface area contributed by atoms with Gasteiger partial charge in [0.2, 0.25) is 0 Å². The molecule has 0 amide bonds. The lowest BCUT2D eigenvalue weighted by Crippen LogP contribution is -2.50. The normalized spacial score (nSPS) is 28.0. The van der Waals surface area contributed by atoms with Gasteiger partial charge in [-0.2, -0.15) is 0 Å². The van der Waals surface area contributed by atoms with Gasteiger partial charge in [-0.1, -0.05) is 43.2 Å². The number of hydrogen-bond donors (Lipinski definition) is 1. The summed E-state index contributed by atoms with van der Waals surface area (Å²) in [6.07, 6.45) is 10.8. The number of benzene rings is 1. The first-order valence-electron chi connectivity index (χ1n) is 8.86. The van der Waals surface area contributed by atoms with Gasteiger partial charge in [0, 0.05) is 18.6 Å². The maximum atomic E-state index is 6.43. The molecule has 2 fully saturated rings. The van der Waals surface area contributed by atoms with Gasteiger partial charge >= 0.3 is 0 Å². The highest BCUT2D eigenvalue weighted by molar-refractivity contribution is 5.14. The van der Waals surface area contributed by atoms with E-state index in [9.17, 15) is 0 Å². The van der Waals surface area contributed by atoms with Crippen molar-refractivity contribution < 1.29 is 0 Å². The molecule has 1 aliphatic heterocycles. The summed E-state index contributed by atoms with van der Waals surface area (Å²) in [5.41, 5.74) is 7.85. The zero-order valence-electron chi connectivity index (χ0n) is 13.2.